The first-order valence-corrected chi connectivity index (χ1v) is 5.30. The van der Waals surface area contributed by atoms with E-state index in [4.69, 9.17) is 0 Å². The first kappa shape index (κ1) is 13.1. The molecule has 16 heavy (non-hydrogen) atoms. The predicted octanol–water partition coefficient (Wildman–Crippen LogP) is 1.63. The minimum absolute atomic E-state index is 0.148. The monoisotopic (exact) mass is 343 g/mol. The molecule has 0 aliphatic heterocycles. The maximum Gasteiger partial charge on any atom is 0.311 e. The van der Waals surface area contributed by atoms with Gasteiger partial charge in [0, 0.05) is 20.9 Å². The highest BCUT2D eigenvalue weighted by molar-refractivity contribution is 14.1. The normalized spacial score (nSPS) is 10.6. The van der Waals surface area contributed by atoms with Crippen LogP contribution < -0.4 is 5.56 Å². The summed E-state index contributed by atoms with van der Waals surface area (Å²) in [4.78, 5) is 24.4. The van der Waals surface area contributed by atoms with Crippen molar-refractivity contribution in [2.75, 3.05) is 7.11 Å². The summed E-state index contributed by atoms with van der Waals surface area (Å²) in [7, 11) is 1.18. The summed E-state index contributed by atoms with van der Waals surface area (Å²) in [5, 5.41) is 0. The van der Waals surface area contributed by atoms with Crippen molar-refractivity contribution in [3.8, 4) is 0 Å². The summed E-state index contributed by atoms with van der Waals surface area (Å²) in [5.41, 5.74) is -0.881. The Bertz CT molecular complexity index is 459. The predicted molar refractivity (Wildman–Crippen MR) is 60.5 cm³/mol. The van der Waals surface area contributed by atoms with E-state index in [1.54, 1.807) is 22.6 Å². The Hall–Kier alpha value is -0.990. The van der Waals surface area contributed by atoms with Crippen molar-refractivity contribution in [3.05, 3.63) is 31.2 Å². The number of carbonyl (C=O) groups is 1. The van der Waals surface area contributed by atoms with Gasteiger partial charge in [-0.25, -0.2) is 8.78 Å². The van der Waals surface area contributed by atoms with Crippen LogP contribution in [0.3, 0.4) is 0 Å². The molecule has 0 aliphatic carbocycles. The number of esters is 1. The molecule has 0 fully saturated rings. The molecule has 1 heterocycles. The largest absolute Gasteiger partial charge is 0.469 e. The lowest BCUT2D eigenvalue weighted by Gasteiger charge is -2.07. The van der Waals surface area contributed by atoms with Gasteiger partial charge in [-0.1, -0.05) is 0 Å². The van der Waals surface area contributed by atoms with E-state index in [-0.39, 0.29) is 21.2 Å². The van der Waals surface area contributed by atoms with Gasteiger partial charge in [0.15, 0.2) is 0 Å². The van der Waals surface area contributed by atoms with Gasteiger partial charge < -0.3 is 9.72 Å². The summed E-state index contributed by atoms with van der Waals surface area (Å²) in [5.74, 6) is -0.597. The molecule has 0 radical (unpaired) electrons. The highest BCUT2D eigenvalue weighted by Gasteiger charge is 2.17. The average Bonchev–Trinajstić information content (AvgIpc) is 2.22. The molecule has 1 aromatic rings. The summed E-state index contributed by atoms with van der Waals surface area (Å²) >= 11 is 1.66. The molecule has 1 N–H and O–H groups in total. The number of alkyl halides is 2. The number of methoxy groups -OCH3 is 1. The van der Waals surface area contributed by atoms with E-state index in [2.05, 4.69) is 9.72 Å². The standard InChI is InChI=1S/C9H8F2INO3/c1-16-7(15)3-5-8(12)4(9(10)11)2-6(14)13-5/h2,9H,3H2,1H3,(H,13,14). The highest BCUT2D eigenvalue weighted by atomic mass is 127. The quantitative estimate of drug-likeness (QED) is 0.671. The van der Waals surface area contributed by atoms with Crippen molar-refractivity contribution < 1.29 is 18.3 Å². The van der Waals surface area contributed by atoms with Gasteiger partial charge in [0.2, 0.25) is 5.56 Å². The molecule has 0 amide bonds. The molecular weight excluding hydrogens is 335 g/mol. The minimum atomic E-state index is -2.74. The number of aromatic amines is 1. The zero-order valence-electron chi connectivity index (χ0n) is 8.22. The van der Waals surface area contributed by atoms with E-state index in [0.29, 0.717) is 0 Å². The van der Waals surface area contributed by atoms with Gasteiger partial charge >= 0.3 is 5.97 Å². The summed E-state index contributed by atoms with van der Waals surface area (Å²) in [6.07, 6.45) is -2.98. The zero-order chi connectivity index (χ0) is 12.3. The fourth-order valence-electron chi connectivity index (χ4n) is 1.12. The van der Waals surface area contributed by atoms with Gasteiger partial charge in [-0.2, -0.15) is 0 Å². The molecule has 0 atom stereocenters. The van der Waals surface area contributed by atoms with Gasteiger partial charge in [-0.05, 0) is 22.6 Å². The van der Waals surface area contributed by atoms with Gasteiger partial charge in [0.1, 0.15) is 0 Å². The molecule has 0 saturated carbocycles. The molecule has 0 aliphatic rings. The van der Waals surface area contributed by atoms with Crippen LogP contribution in [0, 0.1) is 3.57 Å². The van der Waals surface area contributed by atoms with Crippen molar-refractivity contribution in [2.24, 2.45) is 0 Å². The van der Waals surface area contributed by atoms with Crippen LogP contribution in [0.1, 0.15) is 17.7 Å². The second kappa shape index (κ2) is 5.37. The molecular formula is C9H8F2INO3. The first-order chi connectivity index (χ1) is 7.45. The maximum atomic E-state index is 12.5. The number of H-pyrrole nitrogens is 1. The summed E-state index contributed by atoms with van der Waals surface area (Å²) in [6.45, 7) is 0. The Labute approximate surface area is 103 Å². The van der Waals surface area contributed by atoms with Gasteiger partial charge in [-0.3, -0.25) is 9.59 Å². The Kier molecular flexibility index (Phi) is 4.39. The third-order valence-corrected chi connectivity index (χ3v) is 3.14. The van der Waals surface area contributed by atoms with Crippen LogP contribution in [0.5, 0.6) is 0 Å². The lowest BCUT2D eigenvalue weighted by atomic mass is 10.2. The Morgan fingerprint density at radius 1 is 1.62 bits per heavy atom. The van der Waals surface area contributed by atoms with Crippen molar-refractivity contribution in [1.82, 2.24) is 4.98 Å². The van der Waals surface area contributed by atoms with E-state index >= 15 is 0 Å². The first-order valence-electron chi connectivity index (χ1n) is 4.22. The van der Waals surface area contributed by atoms with E-state index < -0.39 is 18.0 Å². The number of carbonyl (C=O) groups excluding carboxylic acids is 1. The van der Waals surface area contributed by atoms with Crippen LogP contribution >= 0.6 is 22.6 Å². The molecule has 1 rings (SSSR count). The summed E-state index contributed by atoms with van der Waals surface area (Å²) in [6, 6.07) is 0.827. The fourth-order valence-corrected chi connectivity index (χ4v) is 1.83. The SMILES string of the molecule is COC(=O)Cc1[nH]c(=O)cc(C(F)F)c1I. The number of rotatable bonds is 3. The van der Waals surface area contributed by atoms with Gasteiger partial charge in [-0.15, -0.1) is 0 Å². The van der Waals surface area contributed by atoms with Crippen molar-refractivity contribution in [1.29, 1.82) is 0 Å². The van der Waals surface area contributed by atoms with Crippen LogP contribution in [0.4, 0.5) is 8.78 Å². The maximum absolute atomic E-state index is 12.5. The molecule has 1 aromatic heterocycles. The molecule has 4 nitrogen and oxygen atoms in total. The Morgan fingerprint density at radius 2 is 2.25 bits per heavy atom. The lowest BCUT2D eigenvalue weighted by Crippen LogP contribution is -2.16. The second-order valence-corrected chi connectivity index (χ2v) is 4.01. The zero-order valence-corrected chi connectivity index (χ0v) is 10.4. The number of ether oxygens (including phenoxy) is 1. The number of pyridine rings is 1. The summed E-state index contributed by atoms with van der Waals surface area (Å²) < 4.78 is 29.6. The van der Waals surface area contributed by atoms with Crippen LogP contribution in [-0.2, 0) is 16.0 Å². The number of hydrogen-bond acceptors (Lipinski definition) is 3. The molecule has 0 spiro atoms. The van der Waals surface area contributed by atoms with Crippen LogP contribution in [0.15, 0.2) is 10.9 Å². The third kappa shape index (κ3) is 3.00. The van der Waals surface area contributed by atoms with Crippen LogP contribution in [-0.4, -0.2) is 18.1 Å². The number of hydrogen-bond donors (Lipinski definition) is 1. The third-order valence-electron chi connectivity index (χ3n) is 1.86. The highest BCUT2D eigenvalue weighted by Crippen LogP contribution is 2.24. The number of halogens is 3. The molecule has 0 bridgehead atoms. The van der Waals surface area contributed by atoms with Crippen molar-refractivity contribution in [3.63, 3.8) is 0 Å². The van der Waals surface area contributed by atoms with Crippen LogP contribution in [0.2, 0.25) is 0 Å². The fraction of sp³-hybridized carbons (Fsp3) is 0.333. The van der Waals surface area contributed by atoms with E-state index in [1.807, 2.05) is 0 Å². The van der Waals surface area contributed by atoms with Gasteiger partial charge in [0.05, 0.1) is 13.5 Å². The Morgan fingerprint density at radius 3 is 2.75 bits per heavy atom. The van der Waals surface area contributed by atoms with Crippen molar-refractivity contribution >= 4 is 28.6 Å². The van der Waals surface area contributed by atoms with E-state index in [1.165, 1.54) is 7.11 Å². The smallest absolute Gasteiger partial charge is 0.311 e. The number of aromatic nitrogens is 1. The molecule has 0 saturated heterocycles. The average molecular weight is 343 g/mol. The van der Waals surface area contributed by atoms with Crippen LogP contribution in [0.25, 0.3) is 0 Å². The molecule has 88 valence electrons. The molecule has 0 unspecified atom stereocenters. The minimum Gasteiger partial charge on any atom is -0.469 e. The second-order valence-electron chi connectivity index (χ2n) is 2.94. The van der Waals surface area contributed by atoms with Gasteiger partial charge in [0.25, 0.3) is 6.43 Å². The topological polar surface area (TPSA) is 59.2 Å². The van der Waals surface area contributed by atoms with Crippen molar-refractivity contribution in [2.45, 2.75) is 12.8 Å². The lowest BCUT2D eigenvalue weighted by molar-refractivity contribution is -0.139. The Balaban J connectivity index is 3.19. The van der Waals surface area contributed by atoms with E-state index in [9.17, 15) is 18.4 Å². The molecule has 0 aromatic carbocycles. The molecule has 7 heteroatoms. The van der Waals surface area contributed by atoms with E-state index in [0.717, 1.165) is 6.07 Å². The number of nitrogens with one attached hydrogen (secondary N) is 1.